The lowest BCUT2D eigenvalue weighted by atomic mass is 10.1. The van der Waals surface area contributed by atoms with Crippen LogP contribution in [0.4, 0.5) is 5.69 Å². The van der Waals surface area contributed by atoms with Crippen molar-refractivity contribution in [3.63, 3.8) is 0 Å². The Morgan fingerprint density at radius 3 is 2.45 bits per heavy atom. The molecule has 0 fully saturated rings. The van der Waals surface area contributed by atoms with Crippen molar-refractivity contribution in [3.8, 4) is 5.75 Å². The molecule has 0 unspecified atom stereocenters. The van der Waals surface area contributed by atoms with E-state index in [1.165, 1.54) is 6.21 Å². The van der Waals surface area contributed by atoms with E-state index in [4.69, 9.17) is 16.3 Å². The smallest absolute Gasteiger partial charge is 0.329 e. The molecule has 0 aliphatic heterocycles. The van der Waals surface area contributed by atoms with Crippen LogP contribution in [0.15, 0.2) is 71.8 Å². The maximum atomic E-state index is 12.1. The van der Waals surface area contributed by atoms with E-state index in [1.807, 2.05) is 50.2 Å². The summed E-state index contributed by atoms with van der Waals surface area (Å²) in [5, 5.41) is 7.08. The molecule has 2 amide bonds. The summed E-state index contributed by atoms with van der Waals surface area (Å²) in [6.45, 7) is 4.17. The molecule has 0 heterocycles. The molecular weight excluding hydrogens is 414 g/mol. The number of benzene rings is 3. The van der Waals surface area contributed by atoms with Crippen molar-refractivity contribution in [2.75, 3.05) is 5.32 Å². The Balaban J connectivity index is 1.50. The number of carbonyl (C=O) groups excluding carboxylic acids is 2. The number of anilines is 1. The number of rotatable bonds is 6. The first-order valence-corrected chi connectivity index (χ1v) is 9.98. The molecule has 158 valence electrons. The maximum absolute atomic E-state index is 12.1. The minimum absolute atomic E-state index is 0.360. The zero-order valence-electron chi connectivity index (χ0n) is 17.2. The van der Waals surface area contributed by atoms with Gasteiger partial charge in [0.15, 0.2) is 0 Å². The summed E-state index contributed by atoms with van der Waals surface area (Å²) in [5.74, 6) is -0.958. The van der Waals surface area contributed by atoms with E-state index < -0.39 is 11.8 Å². The van der Waals surface area contributed by atoms with E-state index in [0.717, 1.165) is 22.3 Å². The highest BCUT2D eigenvalue weighted by Crippen LogP contribution is 2.19. The molecule has 3 rings (SSSR count). The Labute approximate surface area is 185 Å². The average Bonchev–Trinajstić information content (AvgIpc) is 2.77. The van der Waals surface area contributed by atoms with Crippen LogP contribution in [0.2, 0.25) is 5.02 Å². The highest BCUT2D eigenvalue weighted by atomic mass is 35.5. The third-order valence-corrected chi connectivity index (χ3v) is 5.04. The van der Waals surface area contributed by atoms with Gasteiger partial charge in [-0.05, 0) is 66.9 Å². The van der Waals surface area contributed by atoms with E-state index in [9.17, 15) is 9.59 Å². The molecule has 7 heteroatoms. The van der Waals surface area contributed by atoms with Gasteiger partial charge in [0.05, 0.1) is 6.21 Å². The van der Waals surface area contributed by atoms with Gasteiger partial charge >= 0.3 is 11.8 Å². The van der Waals surface area contributed by atoms with Crippen LogP contribution in [0.1, 0.15) is 22.3 Å². The number of amides is 2. The Hall–Kier alpha value is -3.64. The van der Waals surface area contributed by atoms with Gasteiger partial charge in [-0.2, -0.15) is 5.10 Å². The first-order chi connectivity index (χ1) is 14.9. The van der Waals surface area contributed by atoms with Crippen LogP contribution < -0.4 is 15.5 Å². The minimum atomic E-state index is -0.850. The van der Waals surface area contributed by atoms with Crippen LogP contribution in [0.5, 0.6) is 5.75 Å². The van der Waals surface area contributed by atoms with Gasteiger partial charge in [0.25, 0.3) is 0 Å². The van der Waals surface area contributed by atoms with Gasteiger partial charge in [0.1, 0.15) is 12.4 Å². The first-order valence-electron chi connectivity index (χ1n) is 9.61. The number of nitrogens with zero attached hydrogens (tertiary/aromatic N) is 1. The lowest BCUT2D eigenvalue weighted by Crippen LogP contribution is -2.32. The van der Waals surface area contributed by atoms with Crippen molar-refractivity contribution >= 4 is 35.3 Å². The summed E-state index contributed by atoms with van der Waals surface area (Å²) in [6.07, 6.45) is 1.45. The molecule has 0 aliphatic rings. The topological polar surface area (TPSA) is 79.8 Å². The number of hydrazone groups is 1. The van der Waals surface area contributed by atoms with Crippen molar-refractivity contribution in [2.45, 2.75) is 20.5 Å². The van der Waals surface area contributed by atoms with E-state index >= 15 is 0 Å². The molecular formula is C24H22ClN3O3. The molecule has 0 saturated heterocycles. The first kappa shape index (κ1) is 22.1. The van der Waals surface area contributed by atoms with Crippen LogP contribution >= 0.6 is 11.6 Å². The van der Waals surface area contributed by atoms with Gasteiger partial charge in [-0.15, -0.1) is 0 Å². The standard InChI is InChI=1S/C24H22ClN3O3/c1-16-6-5-9-22(17(16)2)27-23(29)24(30)28-26-14-18-10-12-20(13-11-18)31-15-19-7-3-4-8-21(19)25/h3-14H,15H2,1-2H3,(H,27,29)(H,28,30)/b26-14-. The van der Waals surface area contributed by atoms with Gasteiger partial charge < -0.3 is 10.1 Å². The third kappa shape index (κ3) is 6.17. The normalized spacial score (nSPS) is 10.7. The van der Waals surface area contributed by atoms with Gasteiger partial charge in [0, 0.05) is 16.3 Å². The van der Waals surface area contributed by atoms with Crippen LogP contribution in [-0.2, 0) is 16.2 Å². The number of nitrogens with one attached hydrogen (secondary N) is 2. The van der Waals surface area contributed by atoms with E-state index in [2.05, 4.69) is 15.8 Å². The van der Waals surface area contributed by atoms with E-state index in [-0.39, 0.29) is 0 Å². The summed E-state index contributed by atoms with van der Waals surface area (Å²) in [6, 6.07) is 20.1. The number of carbonyl (C=O) groups is 2. The van der Waals surface area contributed by atoms with Gasteiger partial charge in [-0.3, -0.25) is 9.59 Å². The molecule has 0 saturated carbocycles. The minimum Gasteiger partial charge on any atom is -0.489 e. The number of ether oxygens (including phenoxy) is 1. The van der Waals surface area contributed by atoms with Gasteiger partial charge in [-0.1, -0.05) is 41.9 Å². The molecule has 0 radical (unpaired) electrons. The summed E-state index contributed by atoms with van der Waals surface area (Å²) in [5.41, 5.74) is 6.39. The third-order valence-electron chi connectivity index (χ3n) is 4.67. The molecule has 0 bridgehead atoms. The Morgan fingerprint density at radius 2 is 1.71 bits per heavy atom. The molecule has 0 spiro atoms. The SMILES string of the molecule is Cc1cccc(NC(=O)C(=O)N/N=C\c2ccc(OCc3ccccc3Cl)cc2)c1C. The second kappa shape index (κ2) is 10.4. The molecule has 31 heavy (non-hydrogen) atoms. The van der Waals surface area contributed by atoms with Crippen LogP contribution in [0.3, 0.4) is 0 Å². The quantitative estimate of drug-likeness (QED) is 0.336. The largest absolute Gasteiger partial charge is 0.489 e. The highest BCUT2D eigenvalue weighted by molar-refractivity contribution is 6.39. The molecule has 0 aliphatic carbocycles. The van der Waals surface area contributed by atoms with Gasteiger partial charge in [-0.25, -0.2) is 5.43 Å². The zero-order chi connectivity index (χ0) is 22.2. The van der Waals surface area contributed by atoms with Gasteiger partial charge in [0.2, 0.25) is 0 Å². The van der Waals surface area contributed by atoms with Crippen molar-refractivity contribution in [1.82, 2.24) is 5.43 Å². The van der Waals surface area contributed by atoms with Crippen molar-refractivity contribution in [3.05, 3.63) is 94.0 Å². The fourth-order valence-corrected chi connectivity index (χ4v) is 2.90. The lowest BCUT2D eigenvalue weighted by Gasteiger charge is -2.09. The summed E-state index contributed by atoms with van der Waals surface area (Å²) < 4.78 is 5.73. The molecule has 0 aromatic heterocycles. The second-order valence-electron chi connectivity index (χ2n) is 6.85. The van der Waals surface area contributed by atoms with E-state index in [1.54, 1.807) is 30.3 Å². The number of aryl methyl sites for hydroxylation is 1. The predicted molar refractivity (Wildman–Crippen MR) is 123 cm³/mol. The molecule has 3 aromatic carbocycles. The summed E-state index contributed by atoms with van der Waals surface area (Å²) >= 11 is 6.12. The lowest BCUT2D eigenvalue weighted by molar-refractivity contribution is -0.136. The van der Waals surface area contributed by atoms with Crippen molar-refractivity contribution < 1.29 is 14.3 Å². The van der Waals surface area contributed by atoms with Crippen LogP contribution in [0.25, 0.3) is 0 Å². The summed E-state index contributed by atoms with van der Waals surface area (Å²) in [4.78, 5) is 24.0. The molecule has 6 nitrogen and oxygen atoms in total. The Kier molecular flexibility index (Phi) is 7.40. The highest BCUT2D eigenvalue weighted by Gasteiger charge is 2.14. The van der Waals surface area contributed by atoms with Crippen LogP contribution in [0, 0.1) is 13.8 Å². The maximum Gasteiger partial charge on any atom is 0.329 e. The fraction of sp³-hybridized carbons (Fsp3) is 0.125. The van der Waals surface area contributed by atoms with Crippen molar-refractivity contribution in [1.29, 1.82) is 0 Å². The average molecular weight is 436 g/mol. The van der Waals surface area contributed by atoms with Crippen molar-refractivity contribution in [2.24, 2.45) is 5.10 Å². The number of halogens is 1. The molecule has 0 atom stereocenters. The number of hydrogen-bond donors (Lipinski definition) is 2. The van der Waals surface area contributed by atoms with Crippen LogP contribution in [-0.4, -0.2) is 18.0 Å². The molecule has 3 aromatic rings. The predicted octanol–water partition coefficient (Wildman–Crippen LogP) is 4.62. The fourth-order valence-electron chi connectivity index (χ4n) is 2.71. The van der Waals surface area contributed by atoms with E-state index in [0.29, 0.717) is 23.1 Å². The second-order valence-corrected chi connectivity index (χ2v) is 7.26. The Bertz CT molecular complexity index is 1110. The summed E-state index contributed by atoms with van der Waals surface area (Å²) in [7, 11) is 0. The molecule has 2 N–H and O–H groups in total. The zero-order valence-corrected chi connectivity index (χ0v) is 17.9. The number of hydrogen-bond acceptors (Lipinski definition) is 4. The monoisotopic (exact) mass is 435 g/mol. The Morgan fingerprint density at radius 1 is 0.968 bits per heavy atom.